The highest BCUT2D eigenvalue weighted by Crippen LogP contribution is 2.34. The number of esters is 1. The molecule has 0 spiro atoms. The molecular formula is C18H24N2O3S2. The number of thioether (sulfide) groups is 2. The number of amidine groups is 1. The second kappa shape index (κ2) is 9.31. The smallest absolute Gasteiger partial charge is 0.338 e. The molecule has 0 radical (unpaired) electrons. The Morgan fingerprint density at radius 3 is 2.56 bits per heavy atom. The molecule has 0 aliphatic carbocycles. The van der Waals surface area contributed by atoms with Crippen molar-refractivity contribution in [1.29, 1.82) is 0 Å². The number of allylic oxidation sites excluding steroid dienone is 1. The van der Waals surface area contributed by atoms with Crippen LogP contribution in [0.15, 0.2) is 45.4 Å². The minimum absolute atomic E-state index is 0.180. The molecule has 0 bridgehead atoms. The molecule has 1 aromatic rings. The van der Waals surface area contributed by atoms with Gasteiger partial charge in [-0.25, -0.2) is 9.79 Å². The largest absolute Gasteiger partial charge is 0.459 e. The molecule has 1 N–H and O–H groups in total. The molecule has 1 atom stereocenters. The van der Waals surface area contributed by atoms with Crippen molar-refractivity contribution in [2.45, 2.75) is 37.8 Å². The lowest BCUT2D eigenvalue weighted by atomic mass is 9.96. The molecule has 0 saturated heterocycles. The summed E-state index contributed by atoms with van der Waals surface area (Å²) in [7, 11) is 1.64. The van der Waals surface area contributed by atoms with Crippen molar-refractivity contribution < 1.29 is 14.3 Å². The van der Waals surface area contributed by atoms with Crippen LogP contribution in [0.3, 0.4) is 0 Å². The van der Waals surface area contributed by atoms with Gasteiger partial charge >= 0.3 is 5.97 Å². The summed E-state index contributed by atoms with van der Waals surface area (Å²) < 4.78 is 10.5. The van der Waals surface area contributed by atoms with Crippen LogP contribution in [0.2, 0.25) is 0 Å². The van der Waals surface area contributed by atoms with Gasteiger partial charge in [-0.3, -0.25) is 0 Å². The van der Waals surface area contributed by atoms with Crippen molar-refractivity contribution in [2.24, 2.45) is 4.99 Å². The van der Waals surface area contributed by atoms with Crippen LogP contribution in [-0.4, -0.2) is 36.5 Å². The van der Waals surface area contributed by atoms with Gasteiger partial charge in [-0.2, -0.15) is 0 Å². The Balaban J connectivity index is 2.38. The zero-order valence-electron chi connectivity index (χ0n) is 15.2. The van der Waals surface area contributed by atoms with Crippen LogP contribution >= 0.6 is 23.5 Å². The predicted molar refractivity (Wildman–Crippen MR) is 105 cm³/mol. The van der Waals surface area contributed by atoms with Crippen LogP contribution in [0.1, 0.15) is 32.4 Å². The topological polar surface area (TPSA) is 59.9 Å². The zero-order chi connectivity index (χ0) is 18.4. The maximum atomic E-state index is 12.6. The first kappa shape index (κ1) is 19.9. The molecule has 0 fully saturated rings. The van der Waals surface area contributed by atoms with Gasteiger partial charge in [0.25, 0.3) is 0 Å². The van der Waals surface area contributed by atoms with E-state index in [1.54, 1.807) is 18.9 Å². The Labute approximate surface area is 157 Å². The van der Waals surface area contributed by atoms with Gasteiger partial charge in [0.15, 0.2) is 5.17 Å². The number of methoxy groups -OCH3 is 1. The second-order valence-electron chi connectivity index (χ2n) is 5.78. The van der Waals surface area contributed by atoms with Crippen molar-refractivity contribution in [3.63, 3.8) is 0 Å². The number of hydrogen-bond acceptors (Lipinski definition) is 7. The Bertz CT molecular complexity index is 669. The van der Waals surface area contributed by atoms with Gasteiger partial charge in [0.1, 0.15) is 6.04 Å². The average molecular weight is 381 g/mol. The summed E-state index contributed by atoms with van der Waals surface area (Å²) >= 11 is 3.14. The third kappa shape index (κ3) is 5.26. The first-order chi connectivity index (χ1) is 12.0. The fourth-order valence-electron chi connectivity index (χ4n) is 2.40. The van der Waals surface area contributed by atoms with Crippen molar-refractivity contribution in [3.05, 3.63) is 41.1 Å². The van der Waals surface area contributed by atoms with Crippen LogP contribution in [0.4, 0.5) is 0 Å². The van der Waals surface area contributed by atoms with Crippen LogP contribution in [-0.2, 0) is 14.3 Å². The number of rotatable bonds is 6. The van der Waals surface area contributed by atoms with E-state index >= 15 is 0 Å². The highest BCUT2D eigenvalue weighted by molar-refractivity contribution is 8.13. The Hall–Kier alpha value is -1.44. The van der Waals surface area contributed by atoms with Crippen LogP contribution in [0, 0.1) is 0 Å². The van der Waals surface area contributed by atoms with E-state index < -0.39 is 0 Å². The molecule has 7 heteroatoms. The van der Waals surface area contributed by atoms with Crippen molar-refractivity contribution in [2.75, 3.05) is 19.3 Å². The van der Waals surface area contributed by atoms with Gasteiger partial charge in [-0.15, -0.1) is 11.8 Å². The number of carbonyl (C=O) groups excluding carboxylic acids is 1. The van der Waals surface area contributed by atoms with Gasteiger partial charge in [0, 0.05) is 17.7 Å². The van der Waals surface area contributed by atoms with Gasteiger partial charge in [0.05, 0.1) is 17.6 Å². The van der Waals surface area contributed by atoms with Crippen LogP contribution in [0.5, 0.6) is 0 Å². The Morgan fingerprint density at radius 2 is 2.00 bits per heavy atom. The summed E-state index contributed by atoms with van der Waals surface area (Å²) in [4.78, 5) is 18.5. The normalized spacial score (nSPS) is 17.4. The fraction of sp³-hybridized carbons (Fsp3) is 0.444. The van der Waals surface area contributed by atoms with E-state index in [0.29, 0.717) is 11.5 Å². The molecule has 0 saturated carbocycles. The van der Waals surface area contributed by atoms with E-state index in [9.17, 15) is 4.79 Å². The monoisotopic (exact) mass is 380 g/mol. The number of benzene rings is 1. The van der Waals surface area contributed by atoms with E-state index in [1.807, 2.05) is 51.3 Å². The van der Waals surface area contributed by atoms with Crippen LogP contribution < -0.4 is 5.32 Å². The quantitative estimate of drug-likeness (QED) is 0.458. The molecule has 1 aliphatic heterocycles. The molecule has 2 rings (SSSR count). The van der Waals surface area contributed by atoms with E-state index in [4.69, 9.17) is 14.5 Å². The molecule has 0 unspecified atom stereocenters. The van der Waals surface area contributed by atoms with E-state index in [0.717, 1.165) is 16.4 Å². The summed E-state index contributed by atoms with van der Waals surface area (Å²) in [6.07, 6.45) is 1.85. The molecule has 25 heavy (non-hydrogen) atoms. The van der Waals surface area contributed by atoms with Gasteiger partial charge in [-0.05, 0) is 44.7 Å². The van der Waals surface area contributed by atoms with E-state index in [1.165, 1.54) is 16.7 Å². The molecule has 1 heterocycles. The summed E-state index contributed by atoms with van der Waals surface area (Å²) in [5.41, 5.74) is 2.27. The maximum Gasteiger partial charge on any atom is 0.338 e. The molecule has 0 amide bonds. The lowest BCUT2D eigenvalue weighted by Crippen LogP contribution is -2.31. The molecule has 1 aliphatic rings. The number of nitrogens with one attached hydrogen (secondary N) is 1. The third-order valence-corrected chi connectivity index (χ3v) is 5.10. The van der Waals surface area contributed by atoms with Crippen molar-refractivity contribution in [3.8, 4) is 0 Å². The summed E-state index contributed by atoms with van der Waals surface area (Å²) in [5, 5.41) is 3.92. The second-order valence-corrected chi connectivity index (χ2v) is 7.57. The minimum Gasteiger partial charge on any atom is -0.459 e. The standard InChI is InChI=1S/C18H24N2O3S2/c1-11(2)23-17(21)15-12(3)19-18(25-10-22-4)20-16(15)13-6-8-14(24-5)9-7-13/h6-9,11,16H,10H2,1-5H3,(H,19,20)/t16-/m1/s1. The minimum atomic E-state index is -0.386. The maximum absolute atomic E-state index is 12.6. The Morgan fingerprint density at radius 1 is 1.32 bits per heavy atom. The lowest BCUT2D eigenvalue weighted by Gasteiger charge is -2.26. The number of ether oxygens (including phenoxy) is 2. The average Bonchev–Trinajstić information content (AvgIpc) is 2.58. The highest BCUT2D eigenvalue weighted by atomic mass is 32.2. The van der Waals surface area contributed by atoms with Crippen molar-refractivity contribution >= 4 is 34.7 Å². The highest BCUT2D eigenvalue weighted by Gasteiger charge is 2.30. The first-order valence-electron chi connectivity index (χ1n) is 7.98. The summed E-state index contributed by atoms with van der Waals surface area (Å²) in [5.74, 6) is 0.154. The molecule has 0 aromatic heterocycles. The number of hydrogen-bond donors (Lipinski definition) is 1. The summed E-state index contributed by atoms with van der Waals surface area (Å²) in [6, 6.07) is 7.73. The fourth-order valence-corrected chi connectivity index (χ4v) is 3.45. The molecule has 136 valence electrons. The SMILES string of the molecule is COCSC1=N[C@H](c2ccc(SC)cc2)C(C(=O)OC(C)C)=C(C)N1. The molecular weight excluding hydrogens is 356 g/mol. The third-order valence-electron chi connectivity index (χ3n) is 3.53. The lowest BCUT2D eigenvalue weighted by molar-refractivity contribution is -0.143. The van der Waals surface area contributed by atoms with Crippen molar-refractivity contribution in [1.82, 2.24) is 5.32 Å². The molecule has 5 nitrogen and oxygen atoms in total. The number of nitrogens with zero attached hydrogens (tertiary/aromatic N) is 1. The van der Waals surface area contributed by atoms with Crippen LogP contribution in [0.25, 0.3) is 0 Å². The number of carbonyl (C=O) groups is 1. The number of aliphatic imine (C=N–C) groups is 1. The Kier molecular flexibility index (Phi) is 7.40. The van der Waals surface area contributed by atoms with Gasteiger partial charge < -0.3 is 14.8 Å². The van der Waals surface area contributed by atoms with Gasteiger partial charge in [-0.1, -0.05) is 23.9 Å². The summed E-state index contributed by atoms with van der Waals surface area (Å²) in [6.45, 7) is 5.56. The molecule has 1 aromatic carbocycles. The first-order valence-corrected chi connectivity index (χ1v) is 10.2. The van der Waals surface area contributed by atoms with E-state index in [-0.39, 0.29) is 18.1 Å². The van der Waals surface area contributed by atoms with E-state index in [2.05, 4.69) is 5.32 Å². The van der Waals surface area contributed by atoms with Gasteiger partial charge in [0.2, 0.25) is 0 Å². The predicted octanol–water partition coefficient (Wildman–Crippen LogP) is 3.97. The zero-order valence-corrected chi connectivity index (χ0v) is 16.8.